The van der Waals surface area contributed by atoms with Crippen molar-refractivity contribution < 1.29 is 4.74 Å². The number of nitriles is 1. The van der Waals surface area contributed by atoms with Gasteiger partial charge in [0, 0.05) is 17.8 Å². The van der Waals surface area contributed by atoms with E-state index in [1.165, 1.54) is 0 Å². The highest BCUT2D eigenvalue weighted by molar-refractivity contribution is 5.36. The van der Waals surface area contributed by atoms with Crippen molar-refractivity contribution in [2.24, 2.45) is 5.73 Å². The molecule has 4 nitrogen and oxygen atoms in total. The van der Waals surface area contributed by atoms with E-state index < -0.39 is 0 Å². The molecule has 0 unspecified atom stereocenters. The minimum Gasteiger partial charge on any atom is -0.487 e. The largest absolute Gasteiger partial charge is 0.487 e. The van der Waals surface area contributed by atoms with E-state index in [-0.39, 0.29) is 12.5 Å². The van der Waals surface area contributed by atoms with E-state index in [4.69, 9.17) is 15.7 Å². The minimum atomic E-state index is -0.329. The van der Waals surface area contributed by atoms with Crippen LogP contribution in [0.3, 0.4) is 0 Å². The smallest absolute Gasteiger partial charge is 0.130 e. The van der Waals surface area contributed by atoms with E-state index in [1.807, 2.05) is 42.5 Å². The van der Waals surface area contributed by atoms with Gasteiger partial charge in [0.25, 0.3) is 0 Å². The van der Waals surface area contributed by atoms with Crippen LogP contribution in [0.15, 0.2) is 48.7 Å². The lowest BCUT2D eigenvalue weighted by Crippen LogP contribution is -2.11. The Kier molecular flexibility index (Phi) is 4.49. The molecule has 0 spiro atoms. The average molecular weight is 253 g/mol. The third-order valence-corrected chi connectivity index (χ3v) is 2.73. The molecule has 0 bridgehead atoms. The number of rotatable bonds is 5. The van der Waals surface area contributed by atoms with Gasteiger partial charge in [-0.1, -0.05) is 24.3 Å². The summed E-state index contributed by atoms with van der Waals surface area (Å²) in [5, 5.41) is 8.72. The molecule has 1 aromatic heterocycles. The fraction of sp³-hybridized carbons (Fsp3) is 0.200. The number of ether oxygens (including phenoxy) is 1. The Morgan fingerprint density at radius 1 is 1.21 bits per heavy atom. The van der Waals surface area contributed by atoms with Crippen LogP contribution in [0.1, 0.15) is 23.7 Å². The predicted octanol–water partition coefficient (Wildman–Crippen LogP) is 2.57. The number of pyridine rings is 1. The van der Waals surface area contributed by atoms with Crippen molar-refractivity contribution in [1.82, 2.24) is 4.98 Å². The Bertz CT molecular complexity index is 563. The van der Waals surface area contributed by atoms with E-state index >= 15 is 0 Å². The maximum atomic E-state index is 8.72. The molecule has 0 radical (unpaired) electrons. The van der Waals surface area contributed by atoms with Crippen LogP contribution in [-0.2, 0) is 6.61 Å². The van der Waals surface area contributed by atoms with Crippen LogP contribution in [-0.4, -0.2) is 4.98 Å². The summed E-state index contributed by atoms with van der Waals surface area (Å²) < 4.78 is 5.74. The standard InChI is InChI=1S/C15H15N3O/c16-9-8-14(17)13-6-1-2-7-15(13)19-11-12-5-3-4-10-18-12/h1-7,10,14H,8,11,17H2/t14-/m1/s1. The van der Waals surface area contributed by atoms with Crippen molar-refractivity contribution in [3.8, 4) is 11.8 Å². The highest BCUT2D eigenvalue weighted by atomic mass is 16.5. The quantitative estimate of drug-likeness (QED) is 0.888. The number of aromatic nitrogens is 1. The number of benzene rings is 1. The van der Waals surface area contributed by atoms with Gasteiger partial charge in [-0.05, 0) is 18.2 Å². The first kappa shape index (κ1) is 13.1. The fourth-order valence-corrected chi connectivity index (χ4v) is 1.76. The highest BCUT2D eigenvalue weighted by Gasteiger charge is 2.11. The van der Waals surface area contributed by atoms with Gasteiger partial charge in [0.2, 0.25) is 0 Å². The lowest BCUT2D eigenvalue weighted by atomic mass is 10.0. The van der Waals surface area contributed by atoms with Crippen molar-refractivity contribution in [3.63, 3.8) is 0 Å². The number of hydrogen-bond donors (Lipinski definition) is 1. The molecule has 4 heteroatoms. The highest BCUT2D eigenvalue weighted by Crippen LogP contribution is 2.25. The molecule has 2 aromatic rings. The molecular formula is C15H15N3O. The predicted molar refractivity (Wildman–Crippen MR) is 72.2 cm³/mol. The Morgan fingerprint density at radius 2 is 2.00 bits per heavy atom. The Hall–Kier alpha value is -2.38. The SMILES string of the molecule is N#CC[C@@H](N)c1ccccc1OCc1ccccn1. The van der Waals surface area contributed by atoms with Crippen LogP contribution in [0.25, 0.3) is 0 Å². The molecule has 96 valence electrons. The zero-order valence-electron chi connectivity index (χ0n) is 10.5. The van der Waals surface area contributed by atoms with Gasteiger partial charge >= 0.3 is 0 Å². The van der Waals surface area contributed by atoms with Crippen LogP contribution < -0.4 is 10.5 Å². The number of nitrogens with zero attached hydrogens (tertiary/aromatic N) is 2. The van der Waals surface area contributed by atoms with E-state index in [2.05, 4.69) is 11.1 Å². The van der Waals surface area contributed by atoms with Gasteiger partial charge in [0.05, 0.1) is 18.2 Å². The Balaban J connectivity index is 2.10. The number of nitrogens with two attached hydrogens (primary N) is 1. The molecule has 2 N–H and O–H groups in total. The van der Waals surface area contributed by atoms with E-state index in [0.717, 1.165) is 11.3 Å². The lowest BCUT2D eigenvalue weighted by Gasteiger charge is -2.14. The van der Waals surface area contributed by atoms with E-state index in [1.54, 1.807) is 6.20 Å². The van der Waals surface area contributed by atoms with Crippen molar-refractivity contribution >= 4 is 0 Å². The van der Waals surface area contributed by atoms with Crippen molar-refractivity contribution in [3.05, 3.63) is 59.9 Å². The molecule has 19 heavy (non-hydrogen) atoms. The third kappa shape index (κ3) is 3.54. The minimum absolute atomic E-state index is 0.268. The summed E-state index contributed by atoms with van der Waals surface area (Å²) in [6.07, 6.45) is 2.00. The second kappa shape index (κ2) is 6.53. The molecule has 0 aliphatic carbocycles. The van der Waals surface area contributed by atoms with Gasteiger partial charge in [0.1, 0.15) is 12.4 Å². The van der Waals surface area contributed by atoms with Crippen LogP contribution in [0.5, 0.6) is 5.75 Å². The van der Waals surface area contributed by atoms with E-state index in [9.17, 15) is 0 Å². The normalized spacial score (nSPS) is 11.6. The van der Waals surface area contributed by atoms with Gasteiger partial charge in [-0.3, -0.25) is 4.98 Å². The first-order valence-corrected chi connectivity index (χ1v) is 6.05. The summed E-state index contributed by atoms with van der Waals surface area (Å²) >= 11 is 0. The van der Waals surface area contributed by atoms with Crippen LogP contribution in [0.2, 0.25) is 0 Å². The van der Waals surface area contributed by atoms with Gasteiger partial charge in [-0.25, -0.2) is 0 Å². The summed E-state index contributed by atoms with van der Waals surface area (Å²) in [5.74, 6) is 0.705. The molecule has 0 saturated heterocycles. The maximum absolute atomic E-state index is 8.72. The van der Waals surface area contributed by atoms with Gasteiger partial charge in [0.15, 0.2) is 0 Å². The second-order valence-electron chi connectivity index (χ2n) is 4.12. The first-order valence-electron chi connectivity index (χ1n) is 6.05. The van der Waals surface area contributed by atoms with Crippen LogP contribution in [0, 0.1) is 11.3 Å². The van der Waals surface area contributed by atoms with Crippen molar-refractivity contribution in [1.29, 1.82) is 5.26 Å². The zero-order chi connectivity index (χ0) is 13.5. The summed E-state index contributed by atoms with van der Waals surface area (Å²) in [6, 6.07) is 14.9. The van der Waals surface area contributed by atoms with Crippen LogP contribution >= 0.6 is 0 Å². The fourth-order valence-electron chi connectivity index (χ4n) is 1.76. The first-order chi connectivity index (χ1) is 9.31. The summed E-state index contributed by atoms with van der Waals surface area (Å²) in [7, 11) is 0. The summed E-state index contributed by atoms with van der Waals surface area (Å²) in [5.41, 5.74) is 7.66. The van der Waals surface area contributed by atoms with Gasteiger partial charge in [-0.15, -0.1) is 0 Å². The second-order valence-corrected chi connectivity index (χ2v) is 4.12. The molecule has 2 rings (SSSR count). The molecular weight excluding hydrogens is 238 g/mol. The zero-order valence-corrected chi connectivity index (χ0v) is 10.5. The molecule has 1 atom stereocenters. The van der Waals surface area contributed by atoms with Crippen LogP contribution in [0.4, 0.5) is 0 Å². The summed E-state index contributed by atoms with van der Waals surface area (Å²) in [6.45, 7) is 0.386. The molecule has 1 heterocycles. The molecule has 1 aromatic carbocycles. The van der Waals surface area contributed by atoms with Gasteiger partial charge < -0.3 is 10.5 Å². The topological polar surface area (TPSA) is 71.9 Å². The Labute approximate surface area is 112 Å². The monoisotopic (exact) mass is 253 g/mol. The molecule has 0 aliphatic rings. The number of hydrogen-bond acceptors (Lipinski definition) is 4. The van der Waals surface area contributed by atoms with Crippen molar-refractivity contribution in [2.45, 2.75) is 19.1 Å². The Morgan fingerprint density at radius 3 is 2.74 bits per heavy atom. The summed E-state index contributed by atoms with van der Waals surface area (Å²) in [4.78, 5) is 4.20. The average Bonchev–Trinajstić information content (AvgIpc) is 2.47. The van der Waals surface area contributed by atoms with E-state index in [0.29, 0.717) is 12.4 Å². The molecule has 0 fully saturated rings. The lowest BCUT2D eigenvalue weighted by molar-refractivity contribution is 0.296. The molecule has 0 saturated carbocycles. The molecule has 0 aliphatic heterocycles. The maximum Gasteiger partial charge on any atom is 0.130 e. The number of para-hydroxylation sites is 1. The van der Waals surface area contributed by atoms with Gasteiger partial charge in [-0.2, -0.15) is 5.26 Å². The molecule has 0 amide bonds. The third-order valence-electron chi connectivity index (χ3n) is 2.73. The van der Waals surface area contributed by atoms with Crippen molar-refractivity contribution in [2.75, 3.05) is 0 Å².